The summed E-state index contributed by atoms with van der Waals surface area (Å²) in [5.74, 6) is 0. The standard InChI is InChI=1S/C12H10N2S2/c1-8-7-15-11(13-8)6-12-14-9-4-2-3-5-10(9)16-12/h2-5,7H,6H2,1H3. The maximum Gasteiger partial charge on any atom is 0.101 e. The Labute approximate surface area is 102 Å². The fraction of sp³-hybridized carbons (Fsp3) is 0.167. The third kappa shape index (κ3) is 1.86. The number of fused-ring (bicyclic) bond motifs is 1. The van der Waals surface area contributed by atoms with Crippen LogP contribution in [0.15, 0.2) is 29.6 Å². The van der Waals surface area contributed by atoms with Crippen LogP contribution in [0.4, 0.5) is 0 Å². The van der Waals surface area contributed by atoms with E-state index in [0.29, 0.717) is 0 Å². The van der Waals surface area contributed by atoms with Crippen molar-refractivity contribution in [2.24, 2.45) is 0 Å². The number of hydrogen-bond acceptors (Lipinski definition) is 4. The van der Waals surface area contributed by atoms with Gasteiger partial charge in [0.1, 0.15) is 5.01 Å². The number of thiazole rings is 2. The molecular formula is C12H10N2S2. The molecule has 0 atom stereocenters. The van der Waals surface area contributed by atoms with E-state index in [1.165, 1.54) is 4.70 Å². The maximum atomic E-state index is 4.60. The average Bonchev–Trinajstić information content (AvgIpc) is 2.84. The van der Waals surface area contributed by atoms with Crippen LogP contribution < -0.4 is 0 Å². The van der Waals surface area contributed by atoms with Gasteiger partial charge in [-0.05, 0) is 19.1 Å². The van der Waals surface area contributed by atoms with Gasteiger partial charge >= 0.3 is 0 Å². The third-order valence-electron chi connectivity index (χ3n) is 2.31. The molecule has 0 saturated heterocycles. The quantitative estimate of drug-likeness (QED) is 0.689. The van der Waals surface area contributed by atoms with E-state index in [1.54, 1.807) is 22.7 Å². The Kier molecular flexibility index (Phi) is 2.46. The first-order valence-electron chi connectivity index (χ1n) is 5.07. The molecule has 3 rings (SSSR count). The molecule has 0 radical (unpaired) electrons. The zero-order chi connectivity index (χ0) is 11.0. The second-order valence-corrected chi connectivity index (χ2v) is 5.69. The highest BCUT2D eigenvalue weighted by Crippen LogP contribution is 2.24. The van der Waals surface area contributed by atoms with E-state index in [1.807, 2.05) is 13.0 Å². The molecule has 0 bridgehead atoms. The van der Waals surface area contributed by atoms with Gasteiger partial charge in [-0.1, -0.05) is 12.1 Å². The molecule has 0 N–H and O–H groups in total. The van der Waals surface area contributed by atoms with E-state index in [4.69, 9.17) is 0 Å². The molecule has 0 saturated carbocycles. The van der Waals surface area contributed by atoms with Gasteiger partial charge in [-0.2, -0.15) is 0 Å². The Morgan fingerprint density at radius 3 is 2.75 bits per heavy atom. The fourth-order valence-electron chi connectivity index (χ4n) is 1.61. The van der Waals surface area contributed by atoms with Crippen LogP contribution in [0.5, 0.6) is 0 Å². The van der Waals surface area contributed by atoms with Gasteiger partial charge in [-0.3, -0.25) is 0 Å². The first-order chi connectivity index (χ1) is 7.81. The Balaban J connectivity index is 1.95. The molecule has 0 aliphatic rings. The number of aromatic nitrogens is 2. The highest BCUT2D eigenvalue weighted by atomic mass is 32.1. The Morgan fingerprint density at radius 2 is 2.00 bits per heavy atom. The molecule has 0 unspecified atom stereocenters. The zero-order valence-corrected chi connectivity index (χ0v) is 10.4. The van der Waals surface area contributed by atoms with Gasteiger partial charge in [0.15, 0.2) is 0 Å². The van der Waals surface area contributed by atoms with Crippen LogP contribution in [0.3, 0.4) is 0 Å². The van der Waals surface area contributed by atoms with Crippen LogP contribution in [0, 0.1) is 6.92 Å². The summed E-state index contributed by atoms with van der Waals surface area (Å²) in [6.07, 6.45) is 0.859. The lowest BCUT2D eigenvalue weighted by Crippen LogP contribution is -1.85. The lowest BCUT2D eigenvalue weighted by Gasteiger charge is -1.88. The topological polar surface area (TPSA) is 25.8 Å². The SMILES string of the molecule is Cc1csc(Cc2nc3ccccc3s2)n1. The molecule has 16 heavy (non-hydrogen) atoms. The van der Waals surface area contributed by atoms with E-state index >= 15 is 0 Å². The molecular weight excluding hydrogens is 236 g/mol. The highest BCUT2D eigenvalue weighted by molar-refractivity contribution is 7.18. The number of para-hydroxylation sites is 1. The second kappa shape index (κ2) is 3.96. The molecule has 2 aromatic heterocycles. The minimum atomic E-state index is 0.859. The van der Waals surface area contributed by atoms with Crippen molar-refractivity contribution in [3.05, 3.63) is 45.4 Å². The van der Waals surface area contributed by atoms with Gasteiger partial charge in [-0.15, -0.1) is 22.7 Å². The smallest absolute Gasteiger partial charge is 0.101 e. The summed E-state index contributed by atoms with van der Waals surface area (Å²) in [6, 6.07) is 8.25. The molecule has 0 spiro atoms. The summed E-state index contributed by atoms with van der Waals surface area (Å²) < 4.78 is 1.26. The molecule has 0 aliphatic carbocycles. The van der Waals surface area contributed by atoms with Gasteiger partial charge in [0, 0.05) is 11.1 Å². The van der Waals surface area contributed by atoms with Crippen LogP contribution in [-0.4, -0.2) is 9.97 Å². The third-order valence-corrected chi connectivity index (χ3v) is 4.31. The van der Waals surface area contributed by atoms with Crippen LogP contribution in [-0.2, 0) is 6.42 Å². The predicted octanol–water partition coefficient (Wildman–Crippen LogP) is 3.65. The van der Waals surface area contributed by atoms with E-state index in [0.717, 1.165) is 27.6 Å². The lowest BCUT2D eigenvalue weighted by atomic mass is 10.3. The highest BCUT2D eigenvalue weighted by Gasteiger charge is 2.06. The minimum Gasteiger partial charge on any atom is -0.246 e. The number of benzene rings is 1. The second-order valence-electron chi connectivity index (χ2n) is 3.63. The molecule has 2 heterocycles. The largest absolute Gasteiger partial charge is 0.246 e. The summed E-state index contributed by atoms with van der Waals surface area (Å²) in [5.41, 5.74) is 2.19. The van der Waals surface area contributed by atoms with E-state index in [9.17, 15) is 0 Å². The van der Waals surface area contributed by atoms with Crippen molar-refractivity contribution in [1.82, 2.24) is 9.97 Å². The number of rotatable bonds is 2. The van der Waals surface area contributed by atoms with E-state index in [-0.39, 0.29) is 0 Å². The van der Waals surface area contributed by atoms with Crippen molar-refractivity contribution in [3.63, 3.8) is 0 Å². The Hall–Kier alpha value is -1.26. The average molecular weight is 246 g/mol. The van der Waals surface area contributed by atoms with E-state index < -0.39 is 0 Å². The molecule has 0 fully saturated rings. The van der Waals surface area contributed by atoms with Crippen molar-refractivity contribution < 1.29 is 0 Å². The van der Waals surface area contributed by atoms with Gasteiger partial charge in [-0.25, -0.2) is 9.97 Å². The zero-order valence-electron chi connectivity index (χ0n) is 8.80. The Bertz CT molecular complexity index is 592. The first kappa shape index (κ1) is 9.93. The summed E-state index contributed by atoms with van der Waals surface area (Å²) in [4.78, 5) is 9.06. The molecule has 0 amide bonds. The molecule has 4 heteroatoms. The van der Waals surface area contributed by atoms with Crippen LogP contribution in [0.25, 0.3) is 10.2 Å². The van der Waals surface area contributed by atoms with Gasteiger partial charge in [0.25, 0.3) is 0 Å². The van der Waals surface area contributed by atoms with Gasteiger partial charge in [0.2, 0.25) is 0 Å². The van der Waals surface area contributed by atoms with Crippen molar-refractivity contribution in [2.45, 2.75) is 13.3 Å². The van der Waals surface area contributed by atoms with Crippen molar-refractivity contribution in [2.75, 3.05) is 0 Å². The summed E-state index contributed by atoms with van der Waals surface area (Å²) in [5, 5.41) is 4.38. The van der Waals surface area contributed by atoms with Crippen LogP contribution in [0.2, 0.25) is 0 Å². The van der Waals surface area contributed by atoms with Crippen LogP contribution >= 0.6 is 22.7 Å². The number of aryl methyl sites for hydroxylation is 1. The maximum absolute atomic E-state index is 4.60. The van der Waals surface area contributed by atoms with Crippen molar-refractivity contribution >= 4 is 32.9 Å². The van der Waals surface area contributed by atoms with Gasteiger partial charge in [0.05, 0.1) is 21.6 Å². The minimum absolute atomic E-state index is 0.859. The molecule has 3 aromatic rings. The van der Waals surface area contributed by atoms with Crippen LogP contribution in [0.1, 0.15) is 15.7 Å². The predicted molar refractivity (Wildman–Crippen MR) is 69.3 cm³/mol. The number of nitrogens with zero attached hydrogens (tertiary/aromatic N) is 2. The summed E-state index contributed by atoms with van der Waals surface area (Å²) in [7, 11) is 0. The summed E-state index contributed by atoms with van der Waals surface area (Å²) in [6.45, 7) is 2.03. The van der Waals surface area contributed by atoms with E-state index in [2.05, 4.69) is 33.5 Å². The summed E-state index contributed by atoms with van der Waals surface area (Å²) >= 11 is 3.47. The normalized spacial score (nSPS) is 11.1. The first-order valence-corrected chi connectivity index (χ1v) is 6.76. The molecule has 1 aromatic carbocycles. The molecule has 80 valence electrons. The fourth-order valence-corrected chi connectivity index (χ4v) is 3.45. The Morgan fingerprint density at radius 1 is 1.12 bits per heavy atom. The lowest BCUT2D eigenvalue weighted by molar-refractivity contribution is 1.09. The van der Waals surface area contributed by atoms with Gasteiger partial charge < -0.3 is 0 Å². The van der Waals surface area contributed by atoms with Crippen molar-refractivity contribution in [3.8, 4) is 0 Å². The monoisotopic (exact) mass is 246 g/mol. The molecule has 2 nitrogen and oxygen atoms in total. The molecule has 0 aliphatic heterocycles. The number of hydrogen-bond donors (Lipinski definition) is 0. The van der Waals surface area contributed by atoms with Crippen molar-refractivity contribution in [1.29, 1.82) is 0 Å².